The molecular weight excluding hydrogens is 384 g/mol. The topological polar surface area (TPSA) is 140 Å². The number of rotatable bonds is 13. The Morgan fingerprint density at radius 1 is 0.964 bits per heavy atom. The van der Waals surface area contributed by atoms with Crippen LogP contribution < -0.4 is 11.9 Å². The van der Waals surface area contributed by atoms with Crippen molar-refractivity contribution in [3.05, 3.63) is 0 Å². The predicted octanol–water partition coefficient (Wildman–Crippen LogP) is 3.05. The molecule has 1 unspecified atom stereocenters. The van der Waals surface area contributed by atoms with Crippen molar-refractivity contribution in [3.63, 3.8) is 0 Å². The Morgan fingerprint density at radius 2 is 1.43 bits per heavy atom. The Kier molecular flexibility index (Phi) is 16.1. The zero-order valence-corrected chi connectivity index (χ0v) is 18.9. The molecule has 28 heavy (non-hydrogen) atoms. The lowest BCUT2D eigenvalue weighted by Crippen LogP contribution is -2.76. The summed E-state index contributed by atoms with van der Waals surface area (Å²) in [5, 5.41) is 30.1. The second-order valence-electron chi connectivity index (χ2n) is 7.90. The van der Waals surface area contributed by atoms with Crippen molar-refractivity contribution < 1.29 is 24.8 Å². The Balaban J connectivity index is 0. The molecule has 8 heteroatoms. The molecule has 172 valence electrons. The van der Waals surface area contributed by atoms with E-state index < -0.39 is 36.2 Å². The van der Waals surface area contributed by atoms with Gasteiger partial charge in [0.2, 0.25) is 0 Å². The lowest BCUT2D eigenvalue weighted by molar-refractivity contribution is -0.344. The first kappa shape index (κ1) is 30.2. The van der Waals surface area contributed by atoms with Crippen molar-refractivity contribution in [2.75, 3.05) is 13.7 Å². The number of unbranched alkanes of at least 4 members (excludes halogenated alkanes) is 9. The highest BCUT2D eigenvalue weighted by molar-refractivity contribution is 5.85. The van der Waals surface area contributed by atoms with Crippen molar-refractivity contribution in [3.8, 4) is 0 Å². The summed E-state index contributed by atoms with van der Waals surface area (Å²) in [7, 11) is 1.47. The van der Waals surface area contributed by atoms with Gasteiger partial charge in [-0.15, -0.1) is 12.4 Å². The fourth-order valence-corrected chi connectivity index (χ4v) is 3.91. The molecule has 0 radical (unpaired) electrons. The van der Waals surface area contributed by atoms with E-state index in [0.29, 0.717) is 6.42 Å². The number of aliphatic hydroxyl groups is 3. The molecule has 0 aromatic rings. The lowest BCUT2D eigenvalue weighted by Gasteiger charge is -2.54. The van der Waals surface area contributed by atoms with Crippen molar-refractivity contribution in [1.82, 2.24) is 6.15 Å². The highest BCUT2D eigenvalue weighted by Gasteiger charge is 2.60. The van der Waals surface area contributed by atoms with E-state index in [1.165, 1.54) is 52.1 Å². The summed E-state index contributed by atoms with van der Waals surface area (Å²) in [5.74, 6) is -1.25. The van der Waals surface area contributed by atoms with Crippen LogP contribution in [0.4, 0.5) is 0 Å². The molecule has 1 rings (SSSR count). The SMILES string of the molecule is CCCCCCCCCCCC[C@]1(N)[C@@H](O)[C@H](O)[C@@H](CO)OC1(C)OC.Cl.N. The number of nitrogens with two attached hydrogens (primary N) is 1. The van der Waals surface area contributed by atoms with Crippen molar-refractivity contribution in [2.24, 2.45) is 5.73 Å². The Bertz CT molecular complexity index is 394. The van der Waals surface area contributed by atoms with E-state index >= 15 is 0 Å². The van der Waals surface area contributed by atoms with Crippen LogP contribution >= 0.6 is 12.4 Å². The minimum atomic E-state index is -1.25. The number of aliphatic hydroxyl groups excluding tert-OH is 3. The van der Waals surface area contributed by atoms with Crippen LogP contribution in [0.3, 0.4) is 0 Å². The van der Waals surface area contributed by atoms with Crippen LogP contribution in [0, 0.1) is 0 Å². The zero-order valence-electron chi connectivity index (χ0n) is 18.1. The number of hydrogen-bond donors (Lipinski definition) is 5. The molecular formula is C20H45ClN2O5. The van der Waals surface area contributed by atoms with Gasteiger partial charge in [0.1, 0.15) is 18.3 Å². The molecule has 8 N–H and O–H groups in total. The first-order valence-electron chi connectivity index (χ1n) is 10.3. The fraction of sp³-hybridized carbons (Fsp3) is 1.00. The van der Waals surface area contributed by atoms with E-state index in [1.54, 1.807) is 6.92 Å². The standard InChI is InChI=1S/C20H41NO5.ClH.H3N/c1-4-5-6-7-8-9-10-11-12-13-14-20(21)18(24)17(23)16(15-22)26-19(20,2)25-3;;/h16-18,22-24H,4-15,21H2,1-3H3;1H;1H3/t16-,17-,18+,19?,20+;;/m1../s1. The summed E-state index contributed by atoms with van der Waals surface area (Å²) in [5.41, 5.74) is 5.25. The minimum absolute atomic E-state index is 0. The summed E-state index contributed by atoms with van der Waals surface area (Å²) in [6, 6.07) is 0. The third-order valence-electron chi connectivity index (χ3n) is 5.97. The summed E-state index contributed by atoms with van der Waals surface area (Å²) in [6.07, 6.45) is 9.26. The van der Waals surface area contributed by atoms with Gasteiger partial charge in [-0.2, -0.15) is 0 Å². The molecule has 0 amide bonds. The molecule has 1 aliphatic heterocycles. The van der Waals surface area contributed by atoms with E-state index in [9.17, 15) is 15.3 Å². The molecule has 0 aliphatic carbocycles. The van der Waals surface area contributed by atoms with E-state index in [-0.39, 0.29) is 18.6 Å². The molecule has 1 fully saturated rings. The van der Waals surface area contributed by atoms with E-state index in [0.717, 1.165) is 19.3 Å². The summed E-state index contributed by atoms with van der Waals surface area (Å²) < 4.78 is 11.2. The highest BCUT2D eigenvalue weighted by atomic mass is 35.5. The first-order valence-corrected chi connectivity index (χ1v) is 10.3. The molecule has 1 aliphatic rings. The number of hydrogen-bond acceptors (Lipinski definition) is 7. The molecule has 0 aromatic carbocycles. The summed E-state index contributed by atoms with van der Waals surface area (Å²) in [6.45, 7) is 3.50. The number of halogens is 1. The average Bonchev–Trinajstić information content (AvgIpc) is 2.64. The number of methoxy groups -OCH3 is 1. The van der Waals surface area contributed by atoms with Gasteiger partial charge >= 0.3 is 0 Å². The van der Waals surface area contributed by atoms with Gasteiger partial charge in [0.05, 0.1) is 12.1 Å². The molecule has 5 atom stereocenters. The highest BCUT2D eigenvalue weighted by Crippen LogP contribution is 2.40. The first-order chi connectivity index (χ1) is 12.4. The van der Waals surface area contributed by atoms with Crippen molar-refractivity contribution >= 4 is 12.4 Å². The quantitative estimate of drug-likeness (QED) is 0.284. The van der Waals surface area contributed by atoms with Crippen LogP contribution in [-0.2, 0) is 9.47 Å². The van der Waals surface area contributed by atoms with E-state index in [4.69, 9.17) is 15.2 Å². The Morgan fingerprint density at radius 3 is 1.86 bits per heavy atom. The van der Waals surface area contributed by atoms with Crippen LogP contribution in [0.2, 0.25) is 0 Å². The maximum Gasteiger partial charge on any atom is 0.186 e. The molecule has 0 bridgehead atoms. The molecule has 0 saturated carbocycles. The lowest BCUT2D eigenvalue weighted by atomic mass is 9.74. The van der Waals surface area contributed by atoms with Crippen LogP contribution in [0.15, 0.2) is 0 Å². The van der Waals surface area contributed by atoms with Crippen LogP contribution in [-0.4, -0.2) is 58.7 Å². The normalized spacial score (nSPS) is 32.5. The van der Waals surface area contributed by atoms with Gasteiger partial charge < -0.3 is 36.7 Å². The van der Waals surface area contributed by atoms with Gasteiger partial charge in [-0.05, 0) is 13.3 Å². The third-order valence-corrected chi connectivity index (χ3v) is 5.97. The monoisotopic (exact) mass is 428 g/mol. The maximum absolute atomic E-state index is 10.6. The largest absolute Gasteiger partial charge is 0.394 e. The Labute approximate surface area is 177 Å². The molecule has 0 aromatic heterocycles. The smallest absolute Gasteiger partial charge is 0.186 e. The molecule has 7 nitrogen and oxygen atoms in total. The van der Waals surface area contributed by atoms with Gasteiger partial charge in [0.15, 0.2) is 5.79 Å². The second kappa shape index (κ2) is 14.9. The van der Waals surface area contributed by atoms with Crippen LogP contribution in [0.5, 0.6) is 0 Å². The predicted molar refractivity (Wildman–Crippen MR) is 115 cm³/mol. The van der Waals surface area contributed by atoms with Gasteiger partial charge in [0, 0.05) is 7.11 Å². The summed E-state index contributed by atoms with van der Waals surface area (Å²) in [4.78, 5) is 0. The summed E-state index contributed by atoms with van der Waals surface area (Å²) >= 11 is 0. The van der Waals surface area contributed by atoms with Crippen LogP contribution in [0.25, 0.3) is 0 Å². The van der Waals surface area contributed by atoms with E-state index in [1.807, 2.05) is 0 Å². The van der Waals surface area contributed by atoms with Crippen LogP contribution in [0.1, 0.15) is 84.5 Å². The molecule has 1 heterocycles. The number of ether oxygens (including phenoxy) is 2. The Hall–Kier alpha value is 0.01000. The van der Waals surface area contributed by atoms with Gasteiger partial charge in [-0.25, -0.2) is 0 Å². The second-order valence-corrected chi connectivity index (χ2v) is 7.90. The zero-order chi connectivity index (χ0) is 19.6. The average molecular weight is 429 g/mol. The molecule has 0 spiro atoms. The van der Waals surface area contributed by atoms with Gasteiger partial charge in [-0.3, -0.25) is 0 Å². The van der Waals surface area contributed by atoms with Gasteiger partial charge in [-0.1, -0.05) is 71.1 Å². The van der Waals surface area contributed by atoms with E-state index in [2.05, 4.69) is 6.92 Å². The van der Waals surface area contributed by atoms with Crippen molar-refractivity contribution in [2.45, 2.75) is 114 Å². The maximum atomic E-state index is 10.6. The third kappa shape index (κ3) is 7.69. The fourth-order valence-electron chi connectivity index (χ4n) is 3.91. The van der Waals surface area contributed by atoms with Crippen molar-refractivity contribution in [1.29, 1.82) is 0 Å². The van der Waals surface area contributed by atoms with Gasteiger partial charge in [0.25, 0.3) is 0 Å². The minimum Gasteiger partial charge on any atom is -0.394 e. The molecule has 1 saturated heterocycles.